The van der Waals surface area contributed by atoms with Gasteiger partial charge >= 0.3 is 12.1 Å². The minimum Gasteiger partial charge on any atom is -0.480 e. The third-order valence-electron chi connectivity index (χ3n) is 5.27. The van der Waals surface area contributed by atoms with Gasteiger partial charge in [0, 0.05) is 44.0 Å². The van der Waals surface area contributed by atoms with Crippen molar-refractivity contribution in [3.05, 3.63) is 29.3 Å². The number of hydrogen-bond donors (Lipinski definition) is 1. The van der Waals surface area contributed by atoms with Crippen molar-refractivity contribution in [2.45, 2.75) is 52.3 Å². The lowest BCUT2D eigenvalue weighted by molar-refractivity contribution is -0.142. The van der Waals surface area contributed by atoms with E-state index in [-0.39, 0.29) is 12.0 Å². The highest BCUT2D eigenvalue weighted by Gasteiger charge is 2.36. The van der Waals surface area contributed by atoms with Gasteiger partial charge in [-0.1, -0.05) is 13.0 Å². The Morgan fingerprint density at radius 1 is 1.17 bits per heavy atom. The first-order valence-corrected chi connectivity index (χ1v) is 10.0. The number of piperazine rings is 1. The number of benzene rings is 1. The Bertz CT molecular complexity index is 809. The Hall–Kier alpha value is -2.77. The summed E-state index contributed by atoms with van der Waals surface area (Å²) in [4.78, 5) is 41.7. The van der Waals surface area contributed by atoms with Crippen molar-refractivity contribution >= 4 is 23.7 Å². The molecule has 2 aliphatic heterocycles. The van der Waals surface area contributed by atoms with Gasteiger partial charge in [0.05, 0.1) is 0 Å². The molecular weight excluding hydrogens is 374 g/mol. The number of nitrogens with zero attached hydrogens (tertiary/aromatic N) is 3. The van der Waals surface area contributed by atoms with Crippen molar-refractivity contribution in [2.24, 2.45) is 0 Å². The maximum atomic E-state index is 12.8. The Labute approximate surface area is 171 Å². The molecule has 0 radical (unpaired) electrons. The summed E-state index contributed by atoms with van der Waals surface area (Å²) in [5.74, 6) is -1.21. The summed E-state index contributed by atoms with van der Waals surface area (Å²) in [6.07, 6.45) is 0.0605. The molecule has 1 aromatic carbocycles. The number of rotatable bonds is 4. The third kappa shape index (κ3) is 4.46. The Kier molecular flexibility index (Phi) is 5.73. The minimum atomic E-state index is -0.979. The van der Waals surface area contributed by atoms with Crippen LogP contribution < -0.4 is 4.90 Å². The van der Waals surface area contributed by atoms with Crippen LogP contribution in [-0.4, -0.2) is 70.7 Å². The van der Waals surface area contributed by atoms with Gasteiger partial charge in [0.1, 0.15) is 11.6 Å². The largest absolute Gasteiger partial charge is 0.480 e. The lowest BCUT2D eigenvalue weighted by Gasteiger charge is -2.36. The van der Waals surface area contributed by atoms with Gasteiger partial charge < -0.3 is 24.5 Å². The number of fused-ring (bicyclic) bond motifs is 1. The van der Waals surface area contributed by atoms with E-state index in [9.17, 15) is 19.5 Å². The summed E-state index contributed by atoms with van der Waals surface area (Å²) < 4.78 is 5.43. The molecule has 1 fully saturated rings. The summed E-state index contributed by atoms with van der Waals surface area (Å²) >= 11 is 0. The summed E-state index contributed by atoms with van der Waals surface area (Å²) in [5.41, 5.74) is 1.81. The lowest BCUT2D eigenvalue weighted by atomic mass is 10.1. The number of carbonyl (C=O) groups excluding carboxylic acids is 2. The van der Waals surface area contributed by atoms with Crippen molar-refractivity contribution in [3.63, 3.8) is 0 Å². The molecule has 29 heavy (non-hydrogen) atoms. The number of carboxylic acids is 1. The fourth-order valence-corrected chi connectivity index (χ4v) is 3.76. The van der Waals surface area contributed by atoms with E-state index >= 15 is 0 Å². The summed E-state index contributed by atoms with van der Waals surface area (Å²) in [5, 5.41) is 9.38. The number of hydrogen-bond acceptors (Lipinski definition) is 5. The van der Waals surface area contributed by atoms with Gasteiger partial charge in [0.25, 0.3) is 5.91 Å². The van der Waals surface area contributed by atoms with E-state index in [1.807, 2.05) is 39.0 Å². The molecule has 1 atom stereocenters. The van der Waals surface area contributed by atoms with Gasteiger partial charge in [-0.25, -0.2) is 9.59 Å². The maximum absolute atomic E-state index is 12.8. The van der Waals surface area contributed by atoms with Crippen molar-refractivity contribution in [1.82, 2.24) is 9.80 Å². The SMILES string of the molecule is CCC(C(=O)O)N1Cc2ccc(N3CCN(C(=O)OC(C)(C)C)CC3)cc2C1=O. The number of carbonyl (C=O) groups is 3. The number of anilines is 1. The zero-order valence-electron chi connectivity index (χ0n) is 17.5. The second kappa shape index (κ2) is 7.93. The maximum Gasteiger partial charge on any atom is 0.410 e. The van der Waals surface area contributed by atoms with Crippen LogP contribution in [0, 0.1) is 0 Å². The van der Waals surface area contributed by atoms with Crippen molar-refractivity contribution < 1.29 is 24.2 Å². The quantitative estimate of drug-likeness (QED) is 0.831. The van der Waals surface area contributed by atoms with Crippen molar-refractivity contribution in [1.29, 1.82) is 0 Å². The molecule has 1 aromatic rings. The molecule has 0 saturated carbocycles. The smallest absolute Gasteiger partial charge is 0.410 e. The van der Waals surface area contributed by atoms with E-state index in [1.165, 1.54) is 4.90 Å². The Morgan fingerprint density at radius 3 is 2.38 bits per heavy atom. The van der Waals surface area contributed by atoms with Gasteiger partial charge in [-0.05, 0) is 44.9 Å². The topological polar surface area (TPSA) is 90.4 Å². The average molecular weight is 403 g/mol. The van der Waals surface area contributed by atoms with E-state index in [0.29, 0.717) is 44.7 Å². The molecule has 1 unspecified atom stereocenters. The van der Waals surface area contributed by atoms with Gasteiger partial charge in [0.15, 0.2) is 0 Å². The van der Waals surface area contributed by atoms with Crippen LogP contribution in [0.15, 0.2) is 18.2 Å². The molecular formula is C21H29N3O5. The Balaban J connectivity index is 1.67. The first kappa shape index (κ1) is 21.0. The van der Waals surface area contributed by atoms with Crippen LogP contribution in [0.25, 0.3) is 0 Å². The highest BCUT2D eigenvalue weighted by Crippen LogP contribution is 2.30. The lowest BCUT2D eigenvalue weighted by Crippen LogP contribution is -2.50. The zero-order chi connectivity index (χ0) is 21.3. The normalized spacial score (nSPS) is 17.9. The third-order valence-corrected chi connectivity index (χ3v) is 5.27. The first-order chi connectivity index (χ1) is 13.6. The molecule has 2 amide bonds. The number of ether oxygens (including phenoxy) is 1. The summed E-state index contributed by atoms with van der Waals surface area (Å²) in [7, 11) is 0. The fourth-order valence-electron chi connectivity index (χ4n) is 3.76. The molecule has 3 rings (SSSR count). The van der Waals surface area contributed by atoms with Gasteiger partial charge in [-0.3, -0.25) is 4.79 Å². The predicted molar refractivity (Wildman–Crippen MR) is 108 cm³/mol. The van der Waals surface area contributed by atoms with Gasteiger partial charge in [-0.15, -0.1) is 0 Å². The van der Waals surface area contributed by atoms with Crippen LogP contribution in [0.2, 0.25) is 0 Å². The summed E-state index contributed by atoms with van der Waals surface area (Å²) in [6.45, 7) is 10.0. The zero-order valence-corrected chi connectivity index (χ0v) is 17.5. The monoisotopic (exact) mass is 403 g/mol. The number of aliphatic carboxylic acids is 1. The molecule has 0 aromatic heterocycles. The van der Waals surface area contributed by atoms with E-state index in [4.69, 9.17) is 4.74 Å². The van der Waals surface area contributed by atoms with Gasteiger partial charge in [0.2, 0.25) is 0 Å². The van der Waals surface area contributed by atoms with E-state index in [0.717, 1.165) is 11.3 Å². The van der Waals surface area contributed by atoms with E-state index in [1.54, 1.807) is 11.8 Å². The van der Waals surface area contributed by atoms with Crippen LogP contribution in [0.5, 0.6) is 0 Å². The standard InChI is InChI=1S/C21H29N3O5/c1-5-17(19(26)27)24-13-14-6-7-15(12-16(14)18(24)25)22-8-10-23(11-9-22)20(28)29-21(2,3)4/h6-7,12,17H,5,8-11,13H2,1-4H3,(H,26,27). The first-order valence-electron chi connectivity index (χ1n) is 10.0. The molecule has 158 valence electrons. The second-order valence-corrected chi connectivity index (χ2v) is 8.49. The van der Waals surface area contributed by atoms with Crippen molar-refractivity contribution in [3.8, 4) is 0 Å². The van der Waals surface area contributed by atoms with Gasteiger partial charge in [-0.2, -0.15) is 0 Å². The fraction of sp³-hybridized carbons (Fsp3) is 0.571. The molecule has 0 aliphatic carbocycles. The minimum absolute atomic E-state index is 0.233. The van der Waals surface area contributed by atoms with Crippen LogP contribution >= 0.6 is 0 Å². The molecule has 2 heterocycles. The molecule has 1 saturated heterocycles. The van der Waals surface area contributed by atoms with Crippen LogP contribution in [0.1, 0.15) is 50.0 Å². The average Bonchev–Trinajstić information content (AvgIpc) is 2.97. The van der Waals surface area contributed by atoms with E-state index in [2.05, 4.69) is 4.90 Å². The number of carboxylic acid groups (broad SMARTS) is 1. The highest BCUT2D eigenvalue weighted by molar-refractivity contribution is 6.01. The molecule has 0 bridgehead atoms. The van der Waals surface area contributed by atoms with Crippen LogP contribution in [0.4, 0.5) is 10.5 Å². The molecule has 0 spiro atoms. The van der Waals surface area contributed by atoms with Crippen LogP contribution in [-0.2, 0) is 16.1 Å². The number of amides is 2. The molecule has 2 aliphatic rings. The summed E-state index contributed by atoms with van der Waals surface area (Å²) in [6, 6.07) is 4.89. The highest BCUT2D eigenvalue weighted by atomic mass is 16.6. The van der Waals surface area contributed by atoms with Crippen LogP contribution in [0.3, 0.4) is 0 Å². The second-order valence-electron chi connectivity index (χ2n) is 8.49. The Morgan fingerprint density at radius 2 is 1.83 bits per heavy atom. The van der Waals surface area contributed by atoms with E-state index < -0.39 is 17.6 Å². The van der Waals surface area contributed by atoms with Crippen molar-refractivity contribution in [2.75, 3.05) is 31.1 Å². The predicted octanol–water partition coefficient (Wildman–Crippen LogP) is 2.56. The molecule has 1 N–H and O–H groups in total. The molecule has 8 nitrogen and oxygen atoms in total. The molecule has 8 heteroatoms.